The number of benzene rings is 1. The van der Waals surface area contributed by atoms with Crippen molar-refractivity contribution in [2.75, 3.05) is 0 Å². The van der Waals surface area contributed by atoms with Gasteiger partial charge in [0.25, 0.3) is 0 Å². The monoisotopic (exact) mass is 248 g/mol. The summed E-state index contributed by atoms with van der Waals surface area (Å²) in [6, 6.07) is 12.0. The molecule has 100 valence electrons. The molecule has 1 aromatic carbocycles. The van der Waals surface area contributed by atoms with Crippen LogP contribution in [0, 0.1) is 5.41 Å². The highest BCUT2D eigenvalue weighted by Crippen LogP contribution is 2.36. The molecule has 18 heavy (non-hydrogen) atoms. The Kier molecular flexibility index (Phi) is 6.56. The zero-order valence-corrected chi connectivity index (χ0v) is 11.8. The molecule has 1 aliphatic rings. The van der Waals surface area contributed by atoms with E-state index in [9.17, 15) is 4.79 Å². The molecular formula is C16H24O2. The Morgan fingerprint density at radius 3 is 1.61 bits per heavy atom. The van der Waals surface area contributed by atoms with E-state index in [1.165, 1.54) is 5.57 Å². The lowest BCUT2D eigenvalue weighted by atomic mass is 9.74. The van der Waals surface area contributed by atoms with Crippen molar-refractivity contribution >= 4 is 5.78 Å². The van der Waals surface area contributed by atoms with Crippen LogP contribution in [0.2, 0.25) is 0 Å². The number of ketones is 1. The maximum atomic E-state index is 11.4. The number of Topliss-reactive ketones (excluding diaryl/α,β-unsaturated/α-hetero) is 1. The summed E-state index contributed by atoms with van der Waals surface area (Å²) in [5.41, 5.74) is 2.45. The maximum absolute atomic E-state index is 11.4. The van der Waals surface area contributed by atoms with Gasteiger partial charge in [0.1, 0.15) is 0 Å². The normalized spacial score (nSPS) is 17.4. The smallest absolute Gasteiger partial charge is 0.159 e. The molecule has 0 amide bonds. The minimum absolute atomic E-state index is 0. The predicted molar refractivity (Wildman–Crippen MR) is 76.5 cm³/mol. The molecule has 2 heteroatoms. The van der Waals surface area contributed by atoms with Crippen LogP contribution >= 0.6 is 0 Å². The van der Waals surface area contributed by atoms with Crippen molar-refractivity contribution in [1.29, 1.82) is 0 Å². The van der Waals surface area contributed by atoms with Gasteiger partial charge in [0, 0.05) is 6.42 Å². The summed E-state index contributed by atoms with van der Waals surface area (Å²) < 4.78 is 0. The molecule has 2 rings (SSSR count). The van der Waals surface area contributed by atoms with Crippen molar-refractivity contribution in [3.63, 3.8) is 0 Å². The number of allylic oxidation sites excluding steroid dienone is 2. The lowest BCUT2D eigenvalue weighted by Crippen LogP contribution is -2.23. The van der Waals surface area contributed by atoms with Crippen LogP contribution in [0.1, 0.15) is 40.5 Å². The fraction of sp³-hybridized carbons (Fsp3) is 0.438. The third kappa shape index (κ3) is 5.28. The van der Waals surface area contributed by atoms with Gasteiger partial charge in [-0.1, -0.05) is 55.8 Å². The van der Waals surface area contributed by atoms with Gasteiger partial charge in [-0.25, -0.2) is 0 Å². The van der Waals surface area contributed by atoms with Crippen LogP contribution in [0.15, 0.2) is 47.5 Å². The van der Waals surface area contributed by atoms with E-state index >= 15 is 0 Å². The largest absolute Gasteiger partial charge is 0.412 e. The molecule has 2 N–H and O–H groups in total. The Morgan fingerprint density at radius 2 is 1.28 bits per heavy atom. The molecule has 0 aliphatic heterocycles. The van der Waals surface area contributed by atoms with E-state index in [-0.39, 0.29) is 10.9 Å². The molecule has 0 bridgehead atoms. The van der Waals surface area contributed by atoms with Gasteiger partial charge in [-0.2, -0.15) is 0 Å². The van der Waals surface area contributed by atoms with Crippen LogP contribution in [0.25, 0.3) is 0 Å². The number of hydrogen-bond acceptors (Lipinski definition) is 1. The van der Waals surface area contributed by atoms with Gasteiger partial charge in [0.15, 0.2) is 5.78 Å². The van der Waals surface area contributed by atoms with Gasteiger partial charge >= 0.3 is 0 Å². The minimum Gasteiger partial charge on any atom is -0.412 e. The van der Waals surface area contributed by atoms with Crippen molar-refractivity contribution in [1.82, 2.24) is 0 Å². The summed E-state index contributed by atoms with van der Waals surface area (Å²) in [7, 11) is 0. The molecule has 1 aromatic rings. The van der Waals surface area contributed by atoms with E-state index in [2.05, 4.69) is 20.8 Å². The summed E-state index contributed by atoms with van der Waals surface area (Å²) in [4.78, 5) is 11.4. The van der Waals surface area contributed by atoms with Gasteiger partial charge in [-0.3, -0.25) is 4.79 Å². The van der Waals surface area contributed by atoms with Crippen LogP contribution < -0.4 is 0 Å². The lowest BCUT2D eigenvalue weighted by molar-refractivity contribution is -0.118. The van der Waals surface area contributed by atoms with E-state index in [1.807, 2.05) is 43.3 Å². The van der Waals surface area contributed by atoms with Gasteiger partial charge in [-0.15, -0.1) is 0 Å². The van der Waals surface area contributed by atoms with Crippen LogP contribution in [0.5, 0.6) is 0 Å². The fourth-order valence-electron chi connectivity index (χ4n) is 2.10. The standard InChI is InChI=1S/C10H16O.C6H6.H2O/c1-7-5-10(3,4)6-9(11)8(7)2;1-2-4-6-5-3-1;/h5-6H2,1-4H3;1-6H;1H2. The molecule has 1 aliphatic carbocycles. The Hall–Kier alpha value is -1.41. The first-order valence-electron chi connectivity index (χ1n) is 6.12. The minimum atomic E-state index is 0. The van der Waals surface area contributed by atoms with E-state index in [1.54, 1.807) is 0 Å². The zero-order chi connectivity index (χ0) is 12.9. The van der Waals surface area contributed by atoms with Crippen LogP contribution in [-0.2, 0) is 4.79 Å². The Balaban J connectivity index is 0.000000352. The van der Waals surface area contributed by atoms with Crippen molar-refractivity contribution in [3.05, 3.63) is 47.5 Å². The van der Waals surface area contributed by atoms with Crippen LogP contribution in [0.4, 0.5) is 0 Å². The van der Waals surface area contributed by atoms with Gasteiger partial charge in [-0.05, 0) is 31.3 Å². The maximum Gasteiger partial charge on any atom is 0.159 e. The van der Waals surface area contributed by atoms with Gasteiger partial charge in [0.2, 0.25) is 0 Å². The van der Waals surface area contributed by atoms with Crippen molar-refractivity contribution in [3.8, 4) is 0 Å². The SMILES string of the molecule is CC1=C(C)C(=O)CC(C)(C)C1.O.c1ccccc1. The number of carbonyl (C=O) groups is 1. The van der Waals surface area contributed by atoms with Crippen molar-refractivity contribution < 1.29 is 10.3 Å². The number of hydrogen-bond donors (Lipinski definition) is 0. The summed E-state index contributed by atoms with van der Waals surface area (Å²) in [6.07, 6.45) is 1.79. The first kappa shape index (κ1) is 16.6. The number of rotatable bonds is 0. The zero-order valence-electron chi connectivity index (χ0n) is 11.8. The Labute approximate surface area is 110 Å². The molecule has 0 spiro atoms. The molecule has 0 radical (unpaired) electrons. The van der Waals surface area contributed by atoms with E-state index in [0.717, 1.165) is 18.4 Å². The number of carbonyl (C=O) groups excluding carboxylic acids is 1. The third-order valence-corrected chi connectivity index (χ3v) is 3.11. The van der Waals surface area contributed by atoms with Crippen LogP contribution in [-0.4, -0.2) is 11.3 Å². The molecule has 0 heterocycles. The average Bonchev–Trinajstić information content (AvgIpc) is 2.28. The topological polar surface area (TPSA) is 48.6 Å². The molecular weight excluding hydrogens is 224 g/mol. The Bertz CT molecular complexity index is 376. The highest BCUT2D eigenvalue weighted by Gasteiger charge is 2.28. The molecule has 0 aromatic heterocycles. The predicted octanol–water partition coefficient (Wildman–Crippen LogP) is 3.57. The van der Waals surface area contributed by atoms with Gasteiger partial charge in [0.05, 0.1) is 0 Å². The average molecular weight is 248 g/mol. The fourth-order valence-corrected chi connectivity index (χ4v) is 2.10. The van der Waals surface area contributed by atoms with Gasteiger partial charge < -0.3 is 5.48 Å². The first-order valence-corrected chi connectivity index (χ1v) is 6.12. The molecule has 0 fully saturated rings. The molecule has 0 atom stereocenters. The first-order chi connectivity index (χ1) is 7.92. The van der Waals surface area contributed by atoms with Crippen molar-refractivity contribution in [2.45, 2.75) is 40.5 Å². The third-order valence-electron chi connectivity index (χ3n) is 3.11. The Morgan fingerprint density at radius 1 is 0.889 bits per heavy atom. The second kappa shape index (κ2) is 7.12. The van der Waals surface area contributed by atoms with E-state index in [4.69, 9.17) is 0 Å². The molecule has 0 saturated carbocycles. The van der Waals surface area contributed by atoms with E-state index in [0.29, 0.717) is 5.78 Å². The lowest BCUT2D eigenvalue weighted by Gasteiger charge is -2.29. The quantitative estimate of drug-likeness (QED) is 0.692. The highest BCUT2D eigenvalue weighted by atomic mass is 16.1. The summed E-state index contributed by atoms with van der Waals surface area (Å²) in [5, 5.41) is 0. The molecule has 2 nitrogen and oxygen atoms in total. The summed E-state index contributed by atoms with van der Waals surface area (Å²) in [6.45, 7) is 8.31. The van der Waals surface area contributed by atoms with Crippen LogP contribution in [0.3, 0.4) is 0 Å². The van der Waals surface area contributed by atoms with E-state index < -0.39 is 0 Å². The molecule has 0 saturated heterocycles. The second-order valence-corrected chi connectivity index (χ2v) is 5.50. The second-order valence-electron chi connectivity index (χ2n) is 5.50. The highest BCUT2D eigenvalue weighted by molar-refractivity contribution is 5.96. The molecule has 0 unspecified atom stereocenters. The summed E-state index contributed by atoms with van der Waals surface area (Å²) in [5.74, 6) is 0.332. The summed E-state index contributed by atoms with van der Waals surface area (Å²) >= 11 is 0. The van der Waals surface area contributed by atoms with Crippen molar-refractivity contribution in [2.24, 2.45) is 5.41 Å².